The third-order valence-electron chi connectivity index (χ3n) is 4.53. The SMILES string of the molecule is CCCN(CC1CCCNC1)C(CC)c1ccccc1O. The van der Waals surface area contributed by atoms with Crippen molar-refractivity contribution in [3.63, 3.8) is 0 Å². The Morgan fingerprint density at radius 3 is 2.76 bits per heavy atom. The van der Waals surface area contributed by atoms with Crippen LogP contribution in [0.4, 0.5) is 0 Å². The van der Waals surface area contributed by atoms with Crippen LogP contribution in [-0.2, 0) is 0 Å². The first kappa shape index (κ1) is 16.3. The highest BCUT2D eigenvalue weighted by molar-refractivity contribution is 5.34. The Labute approximate surface area is 129 Å². The number of phenols is 1. The summed E-state index contributed by atoms with van der Waals surface area (Å²) in [6.45, 7) is 9.00. The van der Waals surface area contributed by atoms with E-state index in [4.69, 9.17) is 0 Å². The molecule has 0 saturated carbocycles. The first-order chi connectivity index (χ1) is 10.3. The highest BCUT2D eigenvalue weighted by Crippen LogP contribution is 2.32. The van der Waals surface area contributed by atoms with Gasteiger partial charge < -0.3 is 10.4 Å². The predicted octanol–water partition coefficient (Wildman–Crippen LogP) is 3.55. The summed E-state index contributed by atoms with van der Waals surface area (Å²) < 4.78 is 0. The Kier molecular flexibility index (Phi) is 6.52. The van der Waals surface area contributed by atoms with Crippen molar-refractivity contribution in [3.8, 4) is 5.75 Å². The molecule has 3 heteroatoms. The van der Waals surface area contributed by atoms with E-state index in [1.54, 1.807) is 0 Å². The van der Waals surface area contributed by atoms with Gasteiger partial charge in [-0.2, -0.15) is 0 Å². The smallest absolute Gasteiger partial charge is 0.120 e. The average molecular weight is 290 g/mol. The van der Waals surface area contributed by atoms with Gasteiger partial charge in [-0.1, -0.05) is 32.0 Å². The van der Waals surface area contributed by atoms with Crippen molar-refractivity contribution in [2.24, 2.45) is 5.92 Å². The van der Waals surface area contributed by atoms with Gasteiger partial charge >= 0.3 is 0 Å². The van der Waals surface area contributed by atoms with Gasteiger partial charge in [-0.3, -0.25) is 4.90 Å². The molecule has 2 N–H and O–H groups in total. The molecule has 1 heterocycles. The van der Waals surface area contributed by atoms with Crippen molar-refractivity contribution in [2.45, 2.75) is 45.6 Å². The summed E-state index contributed by atoms with van der Waals surface area (Å²) in [6, 6.07) is 8.15. The highest BCUT2D eigenvalue weighted by atomic mass is 16.3. The summed E-state index contributed by atoms with van der Waals surface area (Å²) >= 11 is 0. The Balaban J connectivity index is 2.11. The molecule has 0 aromatic heterocycles. The highest BCUT2D eigenvalue weighted by Gasteiger charge is 2.24. The minimum absolute atomic E-state index is 0.327. The fourth-order valence-corrected chi connectivity index (χ4v) is 3.52. The molecule has 2 atom stereocenters. The lowest BCUT2D eigenvalue weighted by molar-refractivity contribution is 0.147. The van der Waals surface area contributed by atoms with Crippen LogP contribution in [0.25, 0.3) is 0 Å². The Morgan fingerprint density at radius 1 is 1.33 bits per heavy atom. The largest absolute Gasteiger partial charge is 0.508 e. The zero-order chi connectivity index (χ0) is 15.1. The quantitative estimate of drug-likeness (QED) is 0.806. The Hall–Kier alpha value is -1.06. The lowest BCUT2D eigenvalue weighted by Gasteiger charge is -2.36. The zero-order valence-electron chi connectivity index (χ0n) is 13.5. The fourth-order valence-electron chi connectivity index (χ4n) is 3.52. The van der Waals surface area contributed by atoms with Crippen LogP contribution in [0.15, 0.2) is 24.3 Å². The molecule has 0 spiro atoms. The molecule has 1 aliphatic rings. The lowest BCUT2D eigenvalue weighted by atomic mass is 9.95. The van der Waals surface area contributed by atoms with Gasteiger partial charge in [0.05, 0.1) is 0 Å². The van der Waals surface area contributed by atoms with Crippen molar-refractivity contribution in [1.82, 2.24) is 10.2 Å². The van der Waals surface area contributed by atoms with E-state index in [9.17, 15) is 5.11 Å². The molecular weight excluding hydrogens is 260 g/mol. The van der Waals surface area contributed by atoms with Crippen LogP contribution in [0.1, 0.15) is 51.1 Å². The molecule has 0 aliphatic carbocycles. The Morgan fingerprint density at radius 2 is 2.14 bits per heavy atom. The number of hydrogen-bond donors (Lipinski definition) is 2. The van der Waals surface area contributed by atoms with Crippen molar-refractivity contribution in [2.75, 3.05) is 26.2 Å². The van der Waals surface area contributed by atoms with Crippen LogP contribution in [0.2, 0.25) is 0 Å². The molecule has 0 radical (unpaired) electrons. The number of rotatable bonds is 7. The van der Waals surface area contributed by atoms with Crippen molar-refractivity contribution in [1.29, 1.82) is 0 Å². The number of piperidine rings is 1. The zero-order valence-corrected chi connectivity index (χ0v) is 13.5. The average Bonchev–Trinajstić information content (AvgIpc) is 2.51. The van der Waals surface area contributed by atoms with Gasteiger partial charge in [0, 0.05) is 18.2 Å². The molecule has 1 aliphatic heterocycles. The number of phenolic OH excluding ortho intramolecular Hbond substituents is 1. The summed E-state index contributed by atoms with van der Waals surface area (Å²) in [4.78, 5) is 2.58. The number of aromatic hydroxyl groups is 1. The van der Waals surface area contributed by atoms with Crippen LogP contribution >= 0.6 is 0 Å². The second-order valence-electron chi connectivity index (χ2n) is 6.19. The number of para-hydroxylation sites is 1. The van der Waals surface area contributed by atoms with Gasteiger partial charge in [0.2, 0.25) is 0 Å². The van der Waals surface area contributed by atoms with Crippen molar-refractivity contribution in [3.05, 3.63) is 29.8 Å². The summed E-state index contributed by atoms with van der Waals surface area (Å²) in [5.41, 5.74) is 1.08. The normalized spacial score (nSPS) is 20.6. The second-order valence-corrected chi connectivity index (χ2v) is 6.19. The van der Waals surface area contributed by atoms with Crippen LogP contribution < -0.4 is 5.32 Å². The van der Waals surface area contributed by atoms with Gasteiger partial charge in [0.1, 0.15) is 5.75 Å². The number of benzene rings is 1. The van der Waals surface area contributed by atoms with E-state index >= 15 is 0 Å². The van der Waals surface area contributed by atoms with Crippen LogP contribution in [0.5, 0.6) is 5.75 Å². The third-order valence-corrected chi connectivity index (χ3v) is 4.53. The minimum atomic E-state index is 0.327. The Bertz CT molecular complexity index is 415. The van der Waals surface area contributed by atoms with E-state index in [0.717, 1.165) is 44.0 Å². The molecule has 0 bridgehead atoms. The lowest BCUT2D eigenvalue weighted by Crippen LogP contribution is -2.40. The summed E-state index contributed by atoms with van der Waals surface area (Å²) in [5, 5.41) is 13.7. The first-order valence-corrected chi connectivity index (χ1v) is 8.48. The maximum atomic E-state index is 10.2. The van der Waals surface area contributed by atoms with Gasteiger partial charge in [-0.15, -0.1) is 0 Å². The standard InChI is InChI=1S/C18H30N2O/c1-3-12-20(14-15-8-7-11-19-13-15)17(4-2)16-9-5-6-10-18(16)21/h5-6,9-10,15,17,19,21H,3-4,7-8,11-14H2,1-2H3. The molecule has 0 amide bonds. The van der Waals surface area contributed by atoms with E-state index in [0.29, 0.717) is 11.8 Å². The molecule has 2 rings (SSSR count). The number of nitrogens with one attached hydrogen (secondary N) is 1. The van der Waals surface area contributed by atoms with Gasteiger partial charge in [-0.25, -0.2) is 0 Å². The molecule has 1 saturated heterocycles. The number of nitrogens with zero attached hydrogens (tertiary/aromatic N) is 1. The van der Waals surface area contributed by atoms with Crippen molar-refractivity contribution < 1.29 is 5.11 Å². The van der Waals surface area contributed by atoms with Crippen LogP contribution in [0, 0.1) is 5.92 Å². The fraction of sp³-hybridized carbons (Fsp3) is 0.667. The van der Waals surface area contributed by atoms with Crippen LogP contribution in [0.3, 0.4) is 0 Å². The van der Waals surface area contributed by atoms with E-state index in [-0.39, 0.29) is 0 Å². The van der Waals surface area contributed by atoms with Crippen LogP contribution in [-0.4, -0.2) is 36.2 Å². The maximum absolute atomic E-state index is 10.2. The molecular formula is C18H30N2O. The maximum Gasteiger partial charge on any atom is 0.120 e. The summed E-state index contributed by atoms with van der Waals surface area (Å²) in [7, 11) is 0. The molecule has 1 aromatic rings. The van der Waals surface area contributed by atoms with E-state index in [1.807, 2.05) is 18.2 Å². The van der Waals surface area contributed by atoms with Gasteiger partial charge in [0.25, 0.3) is 0 Å². The second kappa shape index (κ2) is 8.40. The summed E-state index contributed by atoms with van der Waals surface area (Å²) in [6.07, 6.45) is 4.81. The number of hydrogen-bond acceptors (Lipinski definition) is 3. The molecule has 3 nitrogen and oxygen atoms in total. The monoisotopic (exact) mass is 290 g/mol. The third kappa shape index (κ3) is 4.45. The minimum Gasteiger partial charge on any atom is -0.508 e. The topological polar surface area (TPSA) is 35.5 Å². The van der Waals surface area contributed by atoms with E-state index in [2.05, 4.69) is 30.1 Å². The molecule has 1 aromatic carbocycles. The van der Waals surface area contributed by atoms with Gasteiger partial charge in [0.15, 0.2) is 0 Å². The summed E-state index contributed by atoms with van der Waals surface area (Å²) in [5.74, 6) is 1.18. The first-order valence-electron chi connectivity index (χ1n) is 8.48. The van der Waals surface area contributed by atoms with Gasteiger partial charge in [-0.05, 0) is 57.3 Å². The van der Waals surface area contributed by atoms with E-state index < -0.39 is 0 Å². The molecule has 1 fully saturated rings. The van der Waals surface area contributed by atoms with E-state index in [1.165, 1.54) is 19.4 Å². The molecule has 118 valence electrons. The molecule has 21 heavy (non-hydrogen) atoms. The van der Waals surface area contributed by atoms with Crippen molar-refractivity contribution >= 4 is 0 Å². The predicted molar refractivity (Wildman–Crippen MR) is 88.6 cm³/mol. The molecule has 2 unspecified atom stereocenters.